The number of hydrogen-bond donors (Lipinski definition) is 2. The van der Waals surface area contributed by atoms with E-state index < -0.39 is 0 Å². The molecule has 0 bridgehead atoms. The fourth-order valence-corrected chi connectivity index (χ4v) is 1.93. The Hall–Kier alpha value is -0.940. The number of nitrogens with one attached hydrogen (secondary N) is 2. The van der Waals surface area contributed by atoms with Gasteiger partial charge in [0, 0.05) is 12.6 Å². The van der Waals surface area contributed by atoms with Crippen molar-refractivity contribution >= 4 is 0 Å². The predicted molar refractivity (Wildman–Crippen MR) is 53.8 cm³/mol. The Morgan fingerprint density at radius 2 is 2.57 bits per heavy atom. The zero-order chi connectivity index (χ0) is 9.97. The zero-order valence-corrected chi connectivity index (χ0v) is 8.70. The topological polar surface area (TPSA) is 56.8 Å². The molecule has 2 heterocycles. The van der Waals surface area contributed by atoms with Gasteiger partial charge in [0.2, 0.25) is 0 Å². The highest BCUT2D eigenvalue weighted by atomic mass is 15.2. The number of likely N-dealkylation sites (N-methyl/N-ethyl adjacent to an activating group) is 1. The van der Waals surface area contributed by atoms with Gasteiger partial charge in [-0.15, -0.1) is 0 Å². The summed E-state index contributed by atoms with van der Waals surface area (Å²) in [7, 11) is 2.15. The molecule has 1 saturated heterocycles. The first-order valence-electron chi connectivity index (χ1n) is 5.05. The van der Waals surface area contributed by atoms with Crippen molar-refractivity contribution in [3.63, 3.8) is 0 Å². The number of aromatic amines is 1. The molecule has 5 nitrogen and oxygen atoms in total. The summed E-state index contributed by atoms with van der Waals surface area (Å²) in [6, 6.07) is 0.842. The lowest BCUT2D eigenvalue weighted by molar-refractivity contribution is 0.384. The van der Waals surface area contributed by atoms with Gasteiger partial charge in [0.25, 0.3) is 0 Å². The first-order chi connectivity index (χ1) is 6.75. The summed E-state index contributed by atoms with van der Waals surface area (Å²) < 4.78 is 0. The van der Waals surface area contributed by atoms with E-state index in [2.05, 4.69) is 39.4 Å². The smallest absolute Gasteiger partial charge is 0.141 e. The van der Waals surface area contributed by atoms with Crippen molar-refractivity contribution in [3.8, 4) is 0 Å². The van der Waals surface area contributed by atoms with Gasteiger partial charge in [-0.1, -0.05) is 0 Å². The maximum absolute atomic E-state index is 4.13. The second-order valence-electron chi connectivity index (χ2n) is 4.01. The van der Waals surface area contributed by atoms with E-state index in [1.807, 2.05) is 0 Å². The highest BCUT2D eigenvalue weighted by Gasteiger charge is 2.21. The van der Waals surface area contributed by atoms with E-state index in [4.69, 9.17) is 0 Å². The Bertz CT molecular complexity index is 271. The van der Waals surface area contributed by atoms with Crippen molar-refractivity contribution in [3.05, 3.63) is 12.2 Å². The van der Waals surface area contributed by atoms with Gasteiger partial charge in [-0.05, 0) is 26.9 Å². The van der Waals surface area contributed by atoms with Crippen LogP contribution in [0.5, 0.6) is 0 Å². The van der Waals surface area contributed by atoms with E-state index in [1.165, 1.54) is 13.0 Å². The molecule has 1 aliphatic heterocycles. The molecule has 0 spiro atoms. The van der Waals surface area contributed by atoms with Gasteiger partial charge >= 0.3 is 0 Å². The van der Waals surface area contributed by atoms with Crippen molar-refractivity contribution in [2.24, 2.45) is 0 Å². The summed E-state index contributed by atoms with van der Waals surface area (Å²) in [4.78, 5) is 6.47. The van der Waals surface area contributed by atoms with Gasteiger partial charge in [-0.3, -0.25) is 5.10 Å². The first kappa shape index (κ1) is 9.61. The Labute approximate surface area is 83.9 Å². The first-order valence-corrected chi connectivity index (χ1v) is 5.05. The summed E-state index contributed by atoms with van der Waals surface area (Å²) in [6.45, 7) is 4.41. The van der Waals surface area contributed by atoms with Crippen LogP contribution in [0.15, 0.2) is 6.33 Å². The number of likely N-dealkylation sites (tertiary alicyclic amines) is 1. The SMILES string of the molecule is CC(NC1CCN(C)C1)c1ncn[nH]1. The van der Waals surface area contributed by atoms with Crippen molar-refractivity contribution in [2.45, 2.75) is 25.4 Å². The second-order valence-corrected chi connectivity index (χ2v) is 4.01. The average Bonchev–Trinajstić information content (AvgIpc) is 2.75. The van der Waals surface area contributed by atoms with Gasteiger partial charge < -0.3 is 10.2 Å². The molecule has 2 rings (SSSR count). The molecule has 2 unspecified atom stereocenters. The number of aromatic nitrogens is 3. The molecular formula is C9H17N5. The maximum atomic E-state index is 4.13. The number of rotatable bonds is 3. The molecule has 2 N–H and O–H groups in total. The summed E-state index contributed by atoms with van der Waals surface area (Å²) in [5.74, 6) is 0.916. The third-order valence-corrected chi connectivity index (χ3v) is 2.72. The molecule has 1 aromatic heterocycles. The van der Waals surface area contributed by atoms with Crippen molar-refractivity contribution in [1.29, 1.82) is 0 Å². The second kappa shape index (κ2) is 4.06. The molecule has 78 valence electrons. The summed E-state index contributed by atoms with van der Waals surface area (Å²) >= 11 is 0. The van der Waals surface area contributed by atoms with Crippen LogP contribution < -0.4 is 5.32 Å². The third-order valence-electron chi connectivity index (χ3n) is 2.72. The molecule has 5 heteroatoms. The lowest BCUT2D eigenvalue weighted by Crippen LogP contribution is -2.34. The van der Waals surface area contributed by atoms with Gasteiger partial charge in [-0.25, -0.2) is 4.98 Å². The summed E-state index contributed by atoms with van der Waals surface area (Å²) in [6.07, 6.45) is 2.77. The third kappa shape index (κ3) is 2.10. The van der Waals surface area contributed by atoms with E-state index >= 15 is 0 Å². The number of hydrogen-bond acceptors (Lipinski definition) is 4. The van der Waals surface area contributed by atoms with Crippen LogP contribution in [0, 0.1) is 0 Å². The molecule has 0 aromatic carbocycles. The van der Waals surface area contributed by atoms with Crippen LogP contribution in [0.3, 0.4) is 0 Å². The van der Waals surface area contributed by atoms with Gasteiger partial charge in [0.1, 0.15) is 12.2 Å². The van der Waals surface area contributed by atoms with Crippen LogP contribution >= 0.6 is 0 Å². The molecule has 0 aliphatic carbocycles. The van der Waals surface area contributed by atoms with Crippen LogP contribution in [0.2, 0.25) is 0 Å². The molecule has 1 fully saturated rings. The van der Waals surface area contributed by atoms with Gasteiger partial charge in [0.05, 0.1) is 6.04 Å². The predicted octanol–water partition coefficient (Wildman–Crippen LogP) is 0.159. The lowest BCUT2D eigenvalue weighted by atomic mass is 10.2. The highest BCUT2D eigenvalue weighted by molar-refractivity contribution is 4.92. The Morgan fingerprint density at radius 1 is 1.71 bits per heavy atom. The Balaban J connectivity index is 1.86. The molecule has 14 heavy (non-hydrogen) atoms. The van der Waals surface area contributed by atoms with Crippen molar-refractivity contribution in [2.75, 3.05) is 20.1 Å². The standard InChI is InChI=1S/C9H17N5/c1-7(9-10-6-11-13-9)12-8-3-4-14(2)5-8/h6-8,12H,3-5H2,1-2H3,(H,10,11,13). The lowest BCUT2D eigenvalue weighted by Gasteiger charge is -2.17. The van der Waals surface area contributed by atoms with Crippen LogP contribution in [0.25, 0.3) is 0 Å². The fourth-order valence-electron chi connectivity index (χ4n) is 1.93. The summed E-state index contributed by atoms with van der Waals surface area (Å²) in [5.41, 5.74) is 0. The molecule has 0 radical (unpaired) electrons. The van der Waals surface area contributed by atoms with Crippen LogP contribution in [0.4, 0.5) is 0 Å². The van der Waals surface area contributed by atoms with Gasteiger partial charge in [-0.2, -0.15) is 5.10 Å². The van der Waals surface area contributed by atoms with E-state index in [0.29, 0.717) is 6.04 Å². The van der Waals surface area contributed by atoms with E-state index in [9.17, 15) is 0 Å². The van der Waals surface area contributed by atoms with Crippen LogP contribution in [-0.4, -0.2) is 46.3 Å². The molecule has 1 aliphatic rings. The minimum Gasteiger partial charge on any atom is -0.305 e. The van der Waals surface area contributed by atoms with Crippen LogP contribution in [0.1, 0.15) is 25.2 Å². The largest absolute Gasteiger partial charge is 0.305 e. The highest BCUT2D eigenvalue weighted by Crippen LogP contribution is 2.12. The van der Waals surface area contributed by atoms with Crippen molar-refractivity contribution in [1.82, 2.24) is 25.4 Å². The molecule has 2 atom stereocenters. The van der Waals surface area contributed by atoms with E-state index in [0.717, 1.165) is 12.4 Å². The Kier molecular flexibility index (Phi) is 2.79. The molecule has 0 amide bonds. The van der Waals surface area contributed by atoms with E-state index in [-0.39, 0.29) is 6.04 Å². The number of nitrogens with zero attached hydrogens (tertiary/aromatic N) is 3. The quantitative estimate of drug-likeness (QED) is 0.721. The van der Waals surface area contributed by atoms with Crippen molar-refractivity contribution < 1.29 is 0 Å². The van der Waals surface area contributed by atoms with E-state index in [1.54, 1.807) is 6.33 Å². The minimum absolute atomic E-state index is 0.258. The molecule has 0 saturated carbocycles. The monoisotopic (exact) mass is 195 g/mol. The minimum atomic E-state index is 0.258. The summed E-state index contributed by atoms with van der Waals surface area (Å²) in [5, 5.41) is 10.3. The van der Waals surface area contributed by atoms with Crippen LogP contribution in [-0.2, 0) is 0 Å². The average molecular weight is 195 g/mol. The maximum Gasteiger partial charge on any atom is 0.141 e. The Morgan fingerprint density at radius 3 is 3.14 bits per heavy atom. The fraction of sp³-hybridized carbons (Fsp3) is 0.778. The zero-order valence-electron chi connectivity index (χ0n) is 8.70. The van der Waals surface area contributed by atoms with Gasteiger partial charge in [0.15, 0.2) is 0 Å². The molecule has 1 aromatic rings. The molecular weight excluding hydrogens is 178 g/mol. The number of H-pyrrole nitrogens is 1. The normalized spacial score (nSPS) is 25.4.